The predicted octanol–water partition coefficient (Wildman–Crippen LogP) is 3.50. The molecule has 0 bridgehead atoms. The van der Waals surface area contributed by atoms with E-state index >= 15 is 0 Å². The third-order valence-corrected chi connectivity index (χ3v) is 5.12. The van der Waals surface area contributed by atoms with E-state index in [0.29, 0.717) is 30.6 Å². The Morgan fingerprint density at radius 2 is 2.04 bits per heavy atom. The molecule has 6 heteroatoms. The maximum absolute atomic E-state index is 12.7. The molecule has 1 N–H and O–H groups in total. The van der Waals surface area contributed by atoms with Gasteiger partial charge in [0.1, 0.15) is 0 Å². The maximum atomic E-state index is 12.7. The number of fused-ring (bicyclic) bond motifs is 1. The third kappa shape index (κ3) is 3.58. The van der Waals surface area contributed by atoms with Crippen LogP contribution in [0.1, 0.15) is 49.9 Å². The minimum Gasteiger partial charge on any atom is -0.347 e. The van der Waals surface area contributed by atoms with Crippen molar-refractivity contribution >= 4 is 23.0 Å². The minimum absolute atomic E-state index is 0.0685. The fraction of sp³-hybridized carbons (Fsp3) is 0.273. The summed E-state index contributed by atoms with van der Waals surface area (Å²) < 4.78 is 1.83. The van der Waals surface area contributed by atoms with Gasteiger partial charge in [-0.2, -0.15) is 0 Å². The van der Waals surface area contributed by atoms with Crippen LogP contribution in [0.4, 0.5) is 0 Å². The molecule has 0 aliphatic heterocycles. The summed E-state index contributed by atoms with van der Waals surface area (Å²) in [6.07, 6.45) is 7.42. The van der Waals surface area contributed by atoms with E-state index in [1.54, 1.807) is 6.20 Å². The number of allylic oxidation sites excluding steroid dienone is 1. The lowest BCUT2D eigenvalue weighted by atomic mass is 9.99. The molecule has 0 fully saturated rings. The topological polar surface area (TPSA) is 76.4 Å². The number of rotatable bonds is 6. The minimum atomic E-state index is -0.216. The van der Waals surface area contributed by atoms with Crippen LogP contribution in [0.15, 0.2) is 60.6 Å². The first-order valence-corrected chi connectivity index (χ1v) is 9.55. The van der Waals surface area contributed by atoms with Crippen molar-refractivity contribution in [3.8, 4) is 0 Å². The summed E-state index contributed by atoms with van der Waals surface area (Å²) in [6.45, 7) is 2.00. The molecule has 1 aliphatic carbocycles. The van der Waals surface area contributed by atoms with Crippen molar-refractivity contribution in [2.45, 2.75) is 38.6 Å². The molecule has 2 aromatic heterocycles. The van der Waals surface area contributed by atoms with Gasteiger partial charge in [-0.3, -0.25) is 14.0 Å². The van der Waals surface area contributed by atoms with Crippen LogP contribution in [-0.4, -0.2) is 26.1 Å². The summed E-state index contributed by atoms with van der Waals surface area (Å²) in [6, 6.07) is 11.4. The first-order valence-electron chi connectivity index (χ1n) is 9.55. The number of Topliss-reactive ketones (excluding diaryl/α,β-unsaturated/α-hetero) is 1. The Bertz CT molecular complexity index is 1020. The smallest absolute Gasteiger partial charge is 0.233 e. The van der Waals surface area contributed by atoms with Gasteiger partial charge in [0.15, 0.2) is 5.78 Å². The molecule has 4 rings (SSSR count). The summed E-state index contributed by atoms with van der Waals surface area (Å²) in [4.78, 5) is 33.8. The van der Waals surface area contributed by atoms with E-state index in [0.717, 1.165) is 16.8 Å². The summed E-state index contributed by atoms with van der Waals surface area (Å²) >= 11 is 0. The van der Waals surface area contributed by atoms with E-state index in [2.05, 4.69) is 15.3 Å². The second-order valence-corrected chi connectivity index (χ2v) is 6.94. The van der Waals surface area contributed by atoms with E-state index in [4.69, 9.17) is 0 Å². The van der Waals surface area contributed by atoms with Gasteiger partial charge in [0, 0.05) is 30.6 Å². The Balaban J connectivity index is 1.53. The van der Waals surface area contributed by atoms with Crippen molar-refractivity contribution in [1.82, 2.24) is 19.7 Å². The number of carbonyl (C=O) groups is 2. The van der Waals surface area contributed by atoms with Gasteiger partial charge in [0.05, 0.1) is 18.2 Å². The number of hydrogen-bond donors (Lipinski definition) is 1. The van der Waals surface area contributed by atoms with Crippen molar-refractivity contribution in [2.75, 3.05) is 0 Å². The Morgan fingerprint density at radius 1 is 1.21 bits per heavy atom. The van der Waals surface area contributed by atoms with Crippen LogP contribution < -0.4 is 5.32 Å². The molecule has 142 valence electrons. The molecule has 0 radical (unpaired) electrons. The van der Waals surface area contributed by atoms with Crippen molar-refractivity contribution in [3.05, 3.63) is 71.8 Å². The molecule has 2 heterocycles. The Morgan fingerprint density at radius 3 is 2.79 bits per heavy atom. The molecule has 1 aliphatic rings. The van der Waals surface area contributed by atoms with Gasteiger partial charge in [-0.1, -0.05) is 37.3 Å². The van der Waals surface area contributed by atoms with Crippen LogP contribution in [0.25, 0.3) is 11.4 Å². The molecular formula is C22H22N4O2. The fourth-order valence-corrected chi connectivity index (χ4v) is 3.68. The highest BCUT2D eigenvalue weighted by molar-refractivity contribution is 6.10. The fourth-order valence-electron chi connectivity index (χ4n) is 3.68. The van der Waals surface area contributed by atoms with E-state index in [-0.39, 0.29) is 24.2 Å². The van der Waals surface area contributed by atoms with Crippen molar-refractivity contribution in [3.63, 3.8) is 0 Å². The Hall–Kier alpha value is -3.28. The number of amides is 1. The van der Waals surface area contributed by atoms with Crippen LogP contribution in [0.5, 0.6) is 0 Å². The molecule has 3 aromatic rings. The van der Waals surface area contributed by atoms with Gasteiger partial charge in [0.25, 0.3) is 0 Å². The summed E-state index contributed by atoms with van der Waals surface area (Å²) in [5, 5.41) is 3.03. The quantitative estimate of drug-likeness (QED) is 0.716. The monoisotopic (exact) mass is 374 g/mol. The normalized spacial score (nSPS) is 15.2. The number of nitrogens with one attached hydrogen (secondary N) is 1. The first-order chi connectivity index (χ1) is 13.7. The first kappa shape index (κ1) is 18.1. The summed E-state index contributed by atoms with van der Waals surface area (Å²) in [5.41, 5.74) is 3.42. The van der Waals surface area contributed by atoms with Crippen molar-refractivity contribution in [2.24, 2.45) is 0 Å². The van der Waals surface area contributed by atoms with Crippen LogP contribution >= 0.6 is 0 Å². The van der Waals surface area contributed by atoms with Crippen LogP contribution in [0, 0.1) is 0 Å². The molecule has 0 saturated heterocycles. The van der Waals surface area contributed by atoms with E-state index in [1.807, 2.05) is 60.1 Å². The molecule has 1 atom stereocenters. The van der Waals surface area contributed by atoms with E-state index in [1.165, 1.54) is 0 Å². The lowest BCUT2D eigenvalue weighted by Crippen LogP contribution is -2.29. The zero-order valence-corrected chi connectivity index (χ0v) is 15.8. The number of hydrogen-bond acceptors (Lipinski definition) is 4. The van der Waals surface area contributed by atoms with Gasteiger partial charge in [-0.05, 0) is 30.0 Å². The van der Waals surface area contributed by atoms with Crippen LogP contribution in [0.2, 0.25) is 0 Å². The zero-order chi connectivity index (χ0) is 19.5. The average molecular weight is 374 g/mol. The largest absolute Gasteiger partial charge is 0.347 e. The van der Waals surface area contributed by atoms with Gasteiger partial charge in [-0.15, -0.1) is 0 Å². The van der Waals surface area contributed by atoms with Crippen molar-refractivity contribution in [1.29, 1.82) is 0 Å². The molecule has 28 heavy (non-hydrogen) atoms. The van der Waals surface area contributed by atoms with E-state index < -0.39 is 0 Å². The summed E-state index contributed by atoms with van der Waals surface area (Å²) in [5.74, 6) is 0.514. The lowest BCUT2D eigenvalue weighted by molar-refractivity contribution is -0.123. The van der Waals surface area contributed by atoms with Gasteiger partial charge < -0.3 is 5.32 Å². The number of imidazole rings is 1. The zero-order valence-electron chi connectivity index (χ0n) is 15.8. The molecule has 1 amide bonds. The SMILES string of the molecule is CCC(NC(=O)CC1=C(c2ccccc2)CCC1=O)c1cn2cccnc2n1. The molecule has 1 unspecified atom stereocenters. The second kappa shape index (κ2) is 7.76. The van der Waals surface area contributed by atoms with Crippen LogP contribution in [-0.2, 0) is 9.59 Å². The highest BCUT2D eigenvalue weighted by Gasteiger charge is 2.26. The summed E-state index contributed by atoms with van der Waals surface area (Å²) in [7, 11) is 0. The highest BCUT2D eigenvalue weighted by atomic mass is 16.2. The number of carbonyl (C=O) groups excluding carboxylic acids is 2. The predicted molar refractivity (Wildman–Crippen MR) is 106 cm³/mol. The van der Waals surface area contributed by atoms with Gasteiger partial charge in [0.2, 0.25) is 11.7 Å². The average Bonchev–Trinajstić information content (AvgIpc) is 3.30. The van der Waals surface area contributed by atoms with Crippen LogP contribution in [0.3, 0.4) is 0 Å². The Kier molecular flexibility index (Phi) is 5.02. The third-order valence-electron chi connectivity index (χ3n) is 5.12. The highest BCUT2D eigenvalue weighted by Crippen LogP contribution is 2.33. The second-order valence-electron chi connectivity index (χ2n) is 6.94. The number of nitrogens with zero attached hydrogens (tertiary/aromatic N) is 3. The Labute approximate surface area is 163 Å². The lowest BCUT2D eigenvalue weighted by Gasteiger charge is -2.15. The maximum Gasteiger partial charge on any atom is 0.233 e. The van der Waals surface area contributed by atoms with Gasteiger partial charge in [-0.25, -0.2) is 9.97 Å². The molecule has 6 nitrogen and oxygen atoms in total. The standard InChI is InChI=1S/C22H22N4O2/c1-2-18(19-14-26-12-6-11-23-22(26)25-19)24-21(28)13-17-16(9-10-20(17)27)15-7-4-3-5-8-15/h3-8,11-12,14,18H,2,9-10,13H2,1H3,(H,24,28). The number of ketones is 1. The van der Waals surface area contributed by atoms with Crippen molar-refractivity contribution < 1.29 is 9.59 Å². The molecule has 0 spiro atoms. The number of aromatic nitrogens is 3. The molecule has 0 saturated carbocycles. The van der Waals surface area contributed by atoms with Gasteiger partial charge >= 0.3 is 0 Å². The molecule has 1 aromatic carbocycles. The van der Waals surface area contributed by atoms with E-state index in [9.17, 15) is 9.59 Å². The number of benzene rings is 1. The molecular weight excluding hydrogens is 352 g/mol.